The minimum absolute atomic E-state index is 0.0517. The van der Waals surface area contributed by atoms with E-state index < -0.39 is 23.8 Å². The van der Waals surface area contributed by atoms with Crippen molar-refractivity contribution >= 4 is 35.2 Å². The minimum atomic E-state index is -4.78. The molecule has 114 valence electrons. The zero-order valence-electron chi connectivity index (χ0n) is 10.6. The van der Waals surface area contributed by atoms with E-state index in [0.29, 0.717) is 0 Å². The Kier molecular flexibility index (Phi) is 4.39. The van der Waals surface area contributed by atoms with Gasteiger partial charge in [-0.3, -0.25) is 0 Å². The Labute approximate surface area is 128 Å². The molecule has 1 atom stereocenters. The number of esters is 1. The first kappa shape index (κ1) is 16.0. The molecule has 0 spiro atoms. The molecule has 0 saturated carbocycles. The minimum Gasteiger partial charge on any atom is -0.474 e. The molecule has 0 aromatic heterocycles. The summed E-state index contributed by atoms with van der Waals surface area (Å²) in [5.41, 5.74) is -0.453. The predicted molar refractivity (Wildman–Crippen MR) is 71.5 cm³/mol. The molecule has 1 heterocycles. The first-order valence-corrected chi connectivity index (χ1v) is 6.60. The molecule has 1 aromatic rings. The zero-order chi connectivity index (χ0) is 15.8. The molecule has 2 rings (SSSR count). The largest absolute Gasteiger partial charge is 0.474 e. The quantitative estimate of drug-likeness (QED) is 0.754. The van der Waals surface area contributed by atoms with Crippen molar-refractivity contribution in [1.82, 2.24) is 0 Å². The van der Waals surface area contributed by atoms with Gasteiger partial charge in [-0.25, -0.2) is 4.79 Å². The highest BCUT2D eigenvalue weighted by Gasteiger charge is 2.49. The molecule has 0 unspecified atom stereocenters. The summed E-state index contributed by atoms with van der Waals surface area (Å²) in [5.74, 6) is -1.27. The zero-order valence-corrected chi connectivity index (χ0v) is 12.1. The molecule has 0 N–H and O–H groups in total. The van der Waals surface area contributed by atoms with E-state index in [4.69, 9.17) is 27.9 Å². The second-order valence-corrected chi connectivity index (χ2v) is 5.01. The van der Waals surface area contributed by atoms with Crippen LogP contribution in [-0.4, -0.2) is 24.9 Å². The maximum Gasteiger partial charge on any atom is 0.430 e. The van der Waals surface area contributed by atoms with E-state index in [0.717, 1.165) is 6.08 Å². The average molecular weight is 341 g/mol. The summed E-state index contributed by atoms with van der Waals surface area (Å²) in [7, 11) is 0. The van der Waals surface area contributed by atoms with Crippen LogP contribution in [0.25, 0.3) is 6.08 Å². The van der Waals surface area contributed by atoms with Crippen molar-refractivity contribution in [1.29, 1.82) is 0 Å². The van der Waals surface area contributed by atoms with E-state index in [1.165, 1.54) is 19.1 Å². The highest BCUT2D eigenvalue weighted by molar-refractivity contribution is 6.36. The third-order valence-electron chi connectivity index (χ3n) is 2.67. The van der Waals surface area contributed by atoms with Crippen molar-refractivity contribution in [2.45, 2.75) is 19.2 Å². The van der Waals surface area contributed by atoms with Gasteiger partial charge in [0.25, 0.3) is 0 Å². The number of carbonyl (C=O) groups is 1. The Morgan fingerprint density at radius 2 is 2.05 bits per heavy atom. The summed E-state index contributed by atoms with van der Waals surface area (Å²) >= 11 is 11.6. The fourth-order valence-electron chi connectivity index (χ4n) is 1.86. The number of hydrogen-bond acceptors (Lipinski definition) is 3. The van der Waals surface area contributed by atoms with E-state index in [1.807, 2.05) is 0 Å². The second-order valence-electron chi connectivity index (χ2n) is 4.17. The second kappa shape index (κ2) is 5.77. The number of halogens is 5. The van der Waals surface area contributed by atoms with Crippen LogP contribution in [0.2, 0.25) is 10.0 Å². The van der Waals surface area contributed by atoms with Gasteiger partial charge in [0, 0.05) is 10.6 Å². The Morgan fingerprint density at radius 1 is 1.38 bits per heavy atom. The first-order valence-electron chi connectivity index (χ1n) is 5.85. The number of hydrogen-bond donors (Lipinski definition) is 0. The van der Waals surface area contributed by atoms with Crippen LogP contribution in [0.4, 0.5) is 13.2 Å². The standard InChI is InChI=1S/C13H9Cl2F3O3/c1-2-20-12(19)8-4-6-3-7(14)5-9(15)10(6)21-11(8)13(16,17)18/h3-5,11H,2H2,1H3/t11-/m0/s1. The number of fused-ring (bicyclic) bond motifs is 1. The molecule has 0 radical (unpaired) electrons. The van der Waals surface area contributed by atoms with Gasteiger partial charge in [-0.2, -0.15) is 13.2 Å². The highest BCUT2D eigenvalue weighted by Crippen LogP contribution is 2.42. The summed E-state index contributed by atoms with van der Waals surface area (Å²) in [6, 6.07) is 2.62. The summed E-state index contributed by atoms with van der Waals surface area (Å²) in [6.45, 7) is 1.44. The van der Waals surface area contributed by atoms with Gasteiger partial charge in [-0.15, -0.1) is 0 Å². The maximum atomic E-state index is 13.1. The van der Waals surface area contributed by atoms with Gasteiger partial charge >= 0.3 is 12.1 Å². The van der Waals surface area contributed by atoms with Gasteiger partial charge in [-0.1, -0.05) is 23.2 Å². The van der Waals surface area contributed by atoms with Crippen LogP contribution in [-0.2, 0) is 9.53 Å². The molecular formula is C13H9Cl2F3O3. The number of rotatable bonds is 2. The van der Waals surface area contributed by atoms with Crippen LogP contribution in [0.3, 0.4) is 0 Å². The van der Waals surface area contributed by atoms with E-state index in [-0.39, 0.29) is 28.0 Å². The van der Waals surface area contributed by atoms with Crippen molar-refractivity contribution in [3.8, 4) is 5.75 Å². The van der Waals surface area contributed by atoms with Crippen molar-refractivity contribution in [3.63, 3.8) is 0 Å². The lowest BCUT2D eigenvalue weighted by Crippen LogP contribution is -2.40. The molecule has 8 heteroatoms. The van der Waals surface area contributed by atoms with Crippen LogP contribution in [0.1, 0.15) is 12.5 Å². The topological polar surface area (TPSA) is 35.5 Å². The van der Waals surface area contributed by atoms with Crippen LogP contribution < -0.4 is 4.74 Å². The molecule has 21 heavy (non-hydrogen) atoms. The van der Waals surface area contributed by atoms with Gasteiger partial charge in [0.1, 0.15) is 5.75 Å². The van der Waals surface area contributed by atoms with Crippen molar-refractivity contribution in [3.05, 3.63) is 33.3 Å². The maximum absolute atomic E-state index is 13.1. The van der Waals surface area contributed by atoms with Gasteiger partial charge < -0.3 is 9.47 Å². The molecule has 1 aliphatic heterocycles. The third-order valence-corrected chi connectivity index (χ3v) is 3.17. The van der Waals surface area contributed by atoms with Crippen LogP contribution >= 0.6 is 23.2 Å². The molecular weight excluding hydrogens is 332 g/mol. The van der Waals surface area contributed by atoms with Crippen LogP contribution in [0.5, 0.6) is 5.75 Å². The third kappa shape index (κ3) is 3.27. The molecule has 0 bridgehead atoms. The molecule has 0 fully saturated rings. The van der Waals surface area contributed by atoms with Gasteiger partial charge in [0.05, 0.1) is 17.2 Å². The fourth-order valence-corrected chi connectivity index (χ4v) is 2.41. The van der Waals surface area contributed by atoms with Crippen LogP contribution in [0.15, 0.2) is 17.7 Å². The lowest BCUT2D eigenvalue weighted by molar-refractivity contribution is -0.187. The van der Waals surface area contributed by atoms with Gasteiger partial charge in [0.15, 0.2) is 0 Å². The summed E-state index contributed by atoms with van der Waals surface area (Å²) in [6.07, 6.45) is -6.17. The lowest BCUT2D eigenvalue weighted by atomic mass is 10.0. The number of ether oxygens (including phenoxy) is 2. The van der Waals surface area contributed by atoms with E-state index in [2.05, 4.69) is 4.74 Å². The smallest absolute Gasteiger partial charge is 0.430 e. The van der Waals surface area contributed by atoms with E-state index in [9.17, 15) is 18.0 Å². The Balaban J connectivity index is 2.55. The summed E-state index contributed by atoms with van der Waals surface area (Å²) < 4.78 is 48.7. The normalized spacial score (nSPS) is 17.6. The molecule has 0 aliphatic carbocycles. The number of benzene rings is 1. The lowest BCUT2D eigenvalue weighted by Gasteiger charge is -2.28. The molecule has 0 amide bonds. The highest BCUT2D eigenvalue weighted by atomic mass is 35.5. The van der Waals surface area contributed by atoms with Crippen molar-refractivity contribution in [2.24, 2.45) is 0 Å². The Morgan fingerprint density at radius 3 is 2.62 bits per heavy atom. The van der Waals surface area contributed by atoms with Gasteiger partial charge in [-0.05, 0) is 25.1 Å². The molecule has 0 saturated heterocycles. The Bertz CT molecular complexity index is 611. The fraction of sp³-hybridized carbons (Fsp3) is 0.308. The Hall–Kier alpha value is -1.40. The van der Waals surface area contributed by atoms with Crippen molar-refractivity contribution in [2.75, 3.05) is 6.61 Å². The predicted octanol–water partition coefficient (Wildman–Crippen LogP) is 4.26. The van der Waals surface area contributed by atoms with Crippen molar-refractivity contribution < 1.29 is 27.4 Å². The van der Waals surface area contributed by atoms with E-state index in [1.54, 1.807) is 0 Å². The van der Waals surface area contributed by atoms with Crippen LogP contribution in [0, 0.1) is 0 Å². The van der Waals surface area contributed by atoms with E-state index >= 15 is 0 Å². The summed E-state index contributed by atoms with van der Waals surface area (Å²) in [5, 5.41) is 0.151. The number of carbonyl (C=O) groups excluding carboxylic acids is 1. The SMILES string of the molecule is CCOC(=O)C1=Cc2cc(Cl)cc(Cl)c2O[C@@H]1C(F)(F)F. The summed E-state index contributed by atoms with van der Waals surface area (Å²) in [4.78, 5) is 11.7. The molecule has 3 nitrogen and oxygen atoms in total. The molecule has 1 aliphatic rings. The van der Waals surface area contributed by atoms with Gasteiger partial charge in [0.2, 0.25) is 6.10 Å². The number of alkyl halides is 3. The average Bonchev–Trinajstić information content (AvgIpc) is 2.36. The molecule has 1 aromatic carbocycles. The monoisotopic (exact) mass is 340 g/mol. The first-order chi connectivity index (χ1) is 9.74.